The minimum atomic E-state index is -0.342. The molecule has 3 heterocycles. The Labute approximate surface area is 143 Å². The fourth-order valence-electron chi connectivity index (χ4n) is 2.93. The highest BCUT2D eigenvalue weighted by atomic mass is 35.5. The molecule has 1 saturated heterocycles. The van der Waals surface area contributed by atoms with Gasteiger partial charge in [-0.1, -0.05) is 12.1 Å². The van der Waals surface area contributed by atoms with Crippen LogP contribution in [0.4, 0.5) is 0 Å². The maximum absolute atomic E-state index is 12.5. The molecule has 1 aromatic carbocycles. The summed E-state index contributed by atoms with van der Waals surface area (Å²) in [5.74, 6) is -0.196. The Morgan fingerprint density at radius 3 is 3.04 bits per heavy atom. The highest BCUT2D eigenvalue weighted by molar-refractivity contribution is 6.01. The van der Waals surface area contributed by atoms with Crippen LogP contribution in [0.15, 0.2) is 39.8 Å². The van der Waals surface area contributed by atoms with E-state index in [4.69, 9.17) is 4.42 Å². The second kappa shape index (κ2) is 6.62. The summed E-state index contributed by atoms with van der Waals surface area (Å²) in [5, 5.41) is 6.89. The Bertz CT molecular complexity index is 943. The van der Waals surface area contributed by atoms with Crippen molar-refractivity contribution in [2.24, 2.45) is 0 Å². The smallest absolute Gasteiger partial charge is 0.297 e. The molecule has 1 amide bonds. The predicted molar refractivity (Wildman–Crippen MR) is 92.4 cm³/mol. The molecule has 2 aromatic heterocycles. The molecule has 1 aliphatic heterocycles. The fourth-order valence-corrected chi connectivity index (χ4v) is 2.93. The lowest BCUT2D eigenvalue weighted by atomic mass is 10.2. The van der Waals surface area contributed by atoms with Crippen molar-refractivity contribution in [3.63, 3.8) is 0 Å². The zero-order valence-corrected chi connectivity index (χ0v) is 13.6. The molecule has 2 N–H and O–H groups in total. The molecule has 0 spiro atoms. The quantitative estimate of drug-likeness (QED) is 0.738. The van der Waals surface area contributed by atoms with Crippen LogP contribution in [0.3, 0.4) is 0 Å². The molecular formula is C16H17ClN4O3. The molecule has 8 heteroatoms. The van der Waals surface area contributed by atoms with Gasteiger partial charge in [-0.25, -0.2) is 4.98 Å². The van der Waals surface area contributed by atoms with E-state index >= 15 is 0 Å². The largest absolute Gasteiger partial charge is 0.448 e. The van der Waals surface area contributed by atoms with Gasteiger partial charge in [0.05, 0.1) is 6.33 Å². The van der Waals surface area contributed by atoms with Crippen LogP contribution in [-0.4, -0.2) is 34.6 Å². The molecule has 1 aliphatic rings. The van der Waals surface area contributed by atoms with Crippen LogP contribution in [-0.2, 0) is 11.3 Å². The van der Waals surface area contributed by atoms with Crippen LogP contribution >= 0.6 is 12.4 Å². The molecule has 1 atom stereocenters. The average Bonchev–Trinajstić information content (AvgIpc) is 3.17. The van der Waals surface area contributed by atoms with Crippen LogP contribution in [0.25, 0.3) is 22.1 Å². The van der Waals surface area contributed by atoms with Gasteiger partial charge in [-0.05, 0) is 25.1 Å². The van der Waals surface area contributed by atoms with Crippen molar-refractivity contribution >= 4 is 40.4 Å². The summed E-state index contributed by atoms with van der Waals surface area (Å²) >= 11 is 0. The van der Waals surface area contributed by atoms with E-state index < -0.39 is 0 Å². The van der Waals surface area contributed by atoms with Gasteiger partial charge < -0.3 is 15.1 Å². The minimum Gasteiger partial charge on any atom is -0.448 e. The first-order valence-electron chi connectivity index (χ1n) is 7.59. The SMILES string of the molecule is Cl.O=C(Cn1cnc2c(oc3ccccc32)c1=O)NC1CCNC1. The third-order valence-electron chi connectivity index (χ3n) is 4.09. The summed E-state index contributed by atoms with van der Waals surface area (Å²) < 4.78 is 6.88. The number of carbonyl (C=O) groups is 1. The molecule has 24 heavy (non-hydrogen) atoms. The molecule has 3 aromatic rings. The standard InChI is InChI=1S/C16H16N4O3.ClH/c21-13(19-10-5-6-17-7-10)8-20-9-18-14-11-3-1-2-4-12(11)23-15(14)16(20)22;/h1-4,9-10,17H,5-8H2,(H,19,21);1H. The van der Waals surface area contributed by atoms with Gasteiger partial charge in [0, 0.05) is 18.0 Å². The molecule has 4 rings (SSSR count). The molecule has 7 nitrogen and oxygen atoms in total. The number of fused-ring (bicyclic) bond motifs is 3. The lowest BCUT2D eigenvalue weighted by Crippen LogP contribution is -2.39. The number of furan rings is 1. The van der Waals surface area contributed by atoms with Crippen LogP contribution < -0.4 is 16.2 Å². The first-order chi connectivity index (χ1) is 11.2. The van der Waals surface area contributed by atoms with E-state index in [1.165, 1.54) is 10.9 Å². The van der Waals surface area contributed by atoms with Gasteiger partial charge in [0.25, 0.3) is 5.56 Å². The van der Waals surface area contributed by atoms with Crippen LogP contribution in [0.2, 0.25) is 0 Å². The molecule has 126 valence electrons. The highest BCUT2D eigenvalue weighted by Gasteiger charge is 2.18. The van der Waals surface area contributed by atoms with Crippen molar-refractivity contribution in [3.05, 3.63) is 40.9 Å². The summed E-state index contributed by atoms with van der Waals surface area (Å²) in [6, 6.07) is 7.49. The van der Waals surface area contributed by atoms with E-state index in [1.807, 2.05) is 18.2 Å². The van der Waals surface area contributed by atoms with Gasteiger partial charge in [0.2, 0.25) is 11.5 Å². The summed E-state index contributed by atoms with van der Waals surface area (Å²) in [7, 11) is 0. The van der Waals surface area contributed by atoms with E-state index in [9.17, 15) is 9.59 Å². The molecule has 1 unspecified atom stereocenters. The van der Waals surface area contributed by atoms with Crippen LogP contribution in [0.1, 0.15) is 6.42 Å². The first-order valence-corrected chi connectivity index (χ1v) is 7.59. The van der Waals surface area contributed by atoms with Crippen molar-refractivity contribution < 1.29 is 9.21 Å². The summed E-state index contributed by atoms with van der Waals surface area (Å²) in [5.41, 5.74) is 0.989. The summed E-state index contributed by atoms with van der Waals surface area (Å²) in [4.78, 5) is 28.9. The van der Waals surface area contributed by atoms with Gasteiger partial charge in [-0.3, -0.25) is 14.2 Å². The van der Waals surface area contributed by atoms with E-state index in [1.54, 1.807) is 6.07 Å². The Kier molecular flexibility index (Phi) is 4.55. The lowest BCUT2D eigenvalue weighted by molar-refractivity contribution is -0.122. The van der Waals surface area contributed by atoms with Crippen molar-refractivity contribution in [2.75, 3.05) is 13.1 Å². The number of benzene rings is 1. The number of amides is 1. The maximum Gasteiger partial charge on any atom is 0.297 e. The summed E-state index contributed by atoms with van der Waals surface area (Å²) in [6.45, 7) is 1.61. The van der Waals surface area contributed by atoms with Gasteiger partial charge in [0.1, 0.15) is 17.6 Å². The first kappa shape index (κ1) is 16.5. The Hall–Kier alpha value is -2.38. The van der Waals surface area contributed by atoms with Crippen molar-refractivity contribution in [2.45, 2.75) is 19.0 Å². The normalized spacial score (nSPS) is 17.1. The van der Waals surface area contributed by atoms with Crippen molar-refractivity contribution in [1.82, 2.24) is 20.2 Å². The topological polar surface area (TPSA) is 89.2 Å². The number of halogens is 1. The Morgan fingerprint density at radius 2 is 2.25 bits per heavy atom. The van der Waals surface area contributed by atoms with E-state index in [0.29, 0.717) is 11.1 Å². The number of aromatic nitrogens is 2. The van der Waals surface area contributed by atoms with Gasteiger partial charge in [0.15, 0.2) is 0 Å². The van der Waals surface area contributed by atoms with E-state index in [0.717, 1.165) is 24.9 Å². The van der Waals surface area contributed by atoms with E-state index in [2.05, 4.69) is 15.6 Å². The third-order valence-corrected chi connectivity index (χ3v) is 4.09. The minimum absolute atomic E-state index is 0. The fraction of sp³-hybridized carbons (Fsp3) is 0.312. The van der Waals surface area contributed by atoms with E-state index in [-0.39, 0.29) is 42.0 Å². The molecule has 0 radical (unpaired) electrons. The van der Waals surface area contributed by atoms with Gasteiger partial charge >= 0.3 is 0 Å². The second-order valence-corrected chi connectivity index (χ2v) is 5.71. The van der Waals surface area contributed by atoms with Crippen molar-refractivity contribution in [1.29, 1.82) is 0 Å². The number of rotatable bonds is 3. The number of hydrogen-bond donors (Lipinski definition) is 2. The predicted octanol–water partition coefficient (Wildman–Crippen LogP) is 1.04. The number of hydrogen-bond acceptors (Lipinski definition) is 5. The average molecular weight is 349 g/mol. The molecule has 0 aliphatic carbocycles. The Balaban J connectivity index is 0.00000169. The van der Waals surface area contributed by atoms with Gasteiger partial charge in [-0.2, -0.15) is 0 Å². The number of nitrogens with zero attached hydrogens (tertiary/aromatic N) is 2. The van der Waals surface area contributed by atoms with Crippen molar-refractivity contribution in [3.8, 4) is 0 Å². The number of para-hydroxylation sites is 1. The van der Waals surface area contributed by atoms with Gasteiger partial charge in [-0.15, -0.1) is 12.4 Å². The lowest BCUT2D eigenvalue weighted by Gasteiger charge is -2.11. The highest BCUT2D eigenvalue weighted by Crippen LogP contribution is 2.23. The maximum atomic E-state index is 12.5. The zero-order valence-electron chi connectivity index (χ0n) is 12.8. The Morgan fingerprint density at radius 1 is 1.42 bits per heavy atom. The third kappa shape index (κ3) is 2.88. The molecule has 0 bridgehead atoms. The summed E-state index contributed by atoms with van der Waals surface area (Å²) in [6.07, 6.45) is 2.31. The molecule has 1 fully saturated rings. The molecule has 0 saturated carbocycles. The molecular weight excluding hydrogens is 332 g/mol. The second-order valence-electron chi connectivity index (χ2n) is 5.71. The van der Waals surface area contributed by atoms with Crippen LogP contribution in [0.5, 0.6) is 0 Å². The monoisotopic (exact) mass is 348 g/mol. The zero-order chi connectivity index (χ0) is 15.8. The number of carbonyl (C=O) groups excluding carboxylic acids is 1. The van der Waals surface area contributed by atoms with Crippen LogP contribution in [0, 0.1) is 0 Å². The number of nitrogens with one attached hydrogen (secondary N) is 2.